The molecule has 21 heavy (non-hydrogen) atoms. The minimum absolute atomic E-state index is 0.0344. The molecule has 0 spiro atoms. The van der Waals surface area contributed by atoms with Gasteiger partial charge < -0.3 is 14.5 Å². The summed E-state index contributed by atoms with van der Waals surface area (Å²) in [5.74, 6) is -1.39. The van der Waals surface area contributed by atoms with Gasteiger partial charge in [0.2, 0.25) is 5.76 Å². The highest BCUT2D eigenvalue weighted by atomic mass is 19.1. The van der Waals surface area contributed by atoms with Crippen molar-refractivity contribution in [2.24, 2.45) is 0 Å². The molecule has 1 atom stereocenters. The molecule has 1 aromatic heterocycles. The first-order valence-electron chi connectivity index (χ1n) is 6.35. The molecule has 0 aliphatic rings. The molecule has 2 rings (SSSR count). The van der Waals surface area contributed by atoms with Crippen LogP contribution in [0.1, 0.15) is 27.9 Å². The summed E-state index contributed by atoms with van der Waals surface area (Å²) in [4.78, 5) is 11.3. The van der Waals surface area contributed by atoms with E-state index in [1.54, 1.807) is 13.1 Å². The standard InChI is InChI=1S/C15H15F2NO3/c1-18-12(8-9-10(16)4-3-5-11(9)17)13-6-7-14(21-13)15(19)20-2/h3-7,12,18H,8H2,1-2H3. The van der Waals surface area contributed by atoms with E-state index in [0.717, 1.165) is 0 Å². The third-order valence-corrected chi connectivity index (χ3v) is 3.18. The predicted octanol–water partition coefficient (Wildman–Crippen LogP) is 2.85. The second kappa shape index (κ2) is 6.49. The number of furan rings is 1. The van der Waals surface area contributed by atoms with Crippen molar-refractivity contribution in [2.75, 3.05) is 14.2 Å². The molecule has 112 valence electrons. The molecule has 1 unspecified atom stereocenters. The lowest BCUT2D eigenvalue weighted by atomic mass is 10.0. The van der Waals surface area contributed by atoms with Crippen LogP contribution in [0.15, 0.2) is 34.7 Å². The second-order valence-electron chi connectivity index (χ2n) is 4.44. The van der Waals surface area contributed by atoms with Crippen LogP contribution in [0.5, 0.6) is 0 Å². The minimum atomic E-state index is -0.616. The molecular weight excluding hydrogens is 280 g/mol. The highest BCUT2D eigenvalue weighted by Crippen LogP contribution is 2.24. The van der Waals surface area contributed by atoms with Crippen molar-refractivity contribution in [1.82, 2.24) is 5.32 Å². The quantitative estimate of drug-likeness (QED) is 0.862. The predicted molar refractivity (Wildman–Crippen MR) is 71.9 cm³/mol. The average Bonchev–Trinajstić information content (AvgIpc) is 2.96. The Labute approximate surface area is 120 Å². The number of esters is 1. The Morgan fingerprint density at radius 2 is 1.95 bits per heavy atom. The van der Waals surface area contributed by atoms with Crippen molar-refractivity contribution in [3.05, 3.63) is 59.1 Å². The van der Waals surface area contributed by atoms with Crippen molar-refractivity contribution in [1.29, 1.82) is 0 Å². The Bertz CT molecular complexity index is 619. The number of halogens is 2. The molecule has 6 heteroatoms. The van der Waals surface area contributed by atoms with E-state index < -0.39 is 23.6 Å². The van der Waals surface area contributed by atoms with E-state index in [9.17, 15) is 13.6 Å². The van der Waals surface area contributed by atoms with E-state index >= 15 is 0 Å². The van der Waals surface area contributed by atoms with Crippen molar-refractivity contribution < 1.29 is 22.7 Å². The molecule has 0 bridgehead atoms. The Balaban J connectivity index is 2.24. The maximum Gasteiger partial charge on any atom is 0.373 e. The molecule has 2 aromatic rings. The van der Waals surface area contributed by atoms with Gasteiger partial charge in [0.15, 0.2) is 0 Å². The highest BCUT2D eigenvalue weighted by Gasteiger charge is 2.20. The van der Waals surface area contributed by atoms with E-state index in [-0.39, 0.29) is 17.7 Å². The van der Waals surface area contributed by atoms with Crippen LogP contribution in [0.3, 0.4) is 0 Å². The van der Waals surface area contributed by atoms with Crippen LogP contribution in [0.25, 0.3) is 0 Å². The van der Waals surface area contributed by atoms with Gasteiger partial charge in [-0.3, -0.25) is 0 Å². The fourth-order valence-corrected chi connectivity index (χ4v) is 2.03. The number of methoxy groups -OCH3 is 1. The second-order valence-corrected chi connectivity index (χ2v) is 4.44. The van der Waals surface area contributed by atoms with E-state index in [2.05, 4.69) is 10.1 Å². The van der Waals surface area contributed by atoms with Gasteiger partial charge in [-0.05, 0) is 31.3 Å². The number of hydrogen-bond donors (Lipinski definition) is 1. The summed E-state index contributed by atoms with van der Waals surface area (Å²) in [6, 6.07) is 6.29. The van der Waals surface area contributed by atoms with E-state index in [0.29, 0.717) is 5.76 Å². The first-order valence-corrected chi connectivity index (χ1v) is 6.35. The Morgan fingerprint density at radius 3 is 2.52 bits per heavy atom. The molecule has 1 heterocycles. The summed E-state index contributed by atoms with van der Waals surface area (Å²) < 4.78 is 37.3. The Kier molecular flexibility index (Phi) is 4.70. The SMILES string of the molecule is CNC(Cc1c(F)cccc1F)c1ccc(C(=O)OC)o1. The molecule has 1 aromatic carbocycles. The first-order chi connectivity index (χ1) is 10.1. The third kappa shape index (κ3) is 3.28. The van der Waals surface area contributed by atoms with Crippen LogP contribution in [0.4, 0.5) is 8.78 Å². The molecule has 0 saturated heterocycles. The lowest BCUT2D eigenvalue weighted by Crippen LogP contribution is -2.19. The van der Waals surface area contributed by atoms with Crippen molar-refractivity contribution in [3.63, 3.8) is 0 Å². The molecule has 0 aliphatic heterocycles. The van der Waals surface area contributed by atoms with Gasteiger partial charge in [0.25, 0.3) is 0 Å². The number of carbonyl (C=O) groups excluding carboxylic acids is 1. The average molecular weight is 295 g/mol. The monoisotopic (exact) mass is 295 g/mol. The number of carbonyl (C=O) groups is 1. The molecule has 1 N–H and O–H groups in total. The molecule has 0 amide bonds. The van der Waals surface area contributed by atoms with Gasteiger partial charge in [-0.15, -0.1) is 0 Å². The van der Waals surface area contributed by atoms with E-state index in [4.69, 9.17) is 4.42 Å². The molecule has 0 aliphatic carbocycles. The summed E-state index contributed by atoms with van der Waals surface area (Å²) >= 11 is 0. The van der Waals surface area contributed by atoms with Gasteiger partial charge in [0.1, 0.15) is 17.4 Å². The van der Waals surface area contributed by atoms with Crippen LogP contribution in [-0.4, -0.2) is 20.1 Å². The summed E-state index contributed by atoms with van der Waals surface area (Å²) in [5, 5.41) is 2.91. The van der Waals surface area contributed by atoms with Gasteiger partial charge >= 0.3 is 5.97 Å². The summed E-state index contributed by atoms with van der Waals surface area (Å²) in [7, 11) is 2.89. The zero-order valence-electron chi connectivity index (χ0n) is 11.7. The van der Waals surface area contributed by atoms with Crippen molar-refractivity contribution in [3.8, 4) is 0 Å². The molecule has 0 saturated carbocycles. The van der Waals surface area contributed by atoms with Crippen LogP contribution >= 0.6 is 0 Å². The van der Waals surface area contributed by atoms with Gasteiger partial charge in [-0.25, -0.2) is 13.6 Å². The van der Waals surface area contributed by atoms with Crippen LogP contribution in [0, 0.1) is 11.6 Å². The van der Waals surface area contributed by atoms with E-state index in [1.165, 1.54) is 31.4 Å². The summed E-state index contributed by atoms with van der Waals surface area (Å²) in [6.45, 7) is 0. The number of hydrogen-bond acceptors (Lipinski definition) is 4. The maximum atomic E-state index is 13.7. The normalized spacial score (nSPS) is 12.2. The number of rotatable bonds is 5. The molecular formula is C15H15F2NO3. The zero-order chi connectivity index (χ0) is 15.4. The van der Waals surface area contributed by atoms with Crippen LogP contribution in [-0.2, 0) is 11.2 Å². The Hall–Kier alpha value is -2.21. The highest BCUT2D eigenvalue weighted by molar-refractivity contribution is 5.86. The number of benzene rings is 1. The lowest BCUT2D eigenvalue weighted by Gasteiger charge is -2.14. The van der Waals surface area contributed by atoms with Gasteiger partial charge in [-0.1, -0.05) is 6.07 Å². The summed E-state index contributed by atoms with van der Waals surface area (Å²) in [5.41, 5.74) is -0.0344. The minimum Gasteiger partial charge on any atom is -0.463 e. The smallest absolute Gasteiger partial charge is 0.373 e. The van der Waals surface area contributed by atoms with Gasteiger partial charge in [0.05, 0.1) is 13.2 Å². The largest absolute Gasteiger partial charge is 0.463 e. The molecule has 4 nitrogen and oxygen atoms in total. The fourth-order valence-electron chi connectivity index (χ4n) is 2.03. The van der Waals surface area contributed by atoms with Crippen LogP contribution < -0.4 is 5.32 Å². The van der Waals surface area contributed by atoms with Crippen molar-refractivity contribution in [2.45, 2.75) is 12.5 Å². The topological polar surface area (TPSA) is 51.5 Å². The van der Waals surface area contributed by atoms with Gasteiger partial charge in [-0.2, -0.15) is 0 Å². The van der Waals surface area contributed by atoms with E-state index in [1.807, 2.05) is 0 Å². The molecule has 0 fully saturated rings. The lowest BCUT2D eigenvalue weighted by molar-refractivity contribution is 0.0562. The third-order valence-electron chi connectivity index (χ3n) is 3.18. The summed E-state index contributed by atoms with van der Waals surface area (Å²) in [6.07, 6.45) is 0.0587. The maximum absolute atomic E-state index is 13.7. The first kappa shape index (κ1) is 15.2. The molecule has 0 radical (unpaired) electrons. The number of nitrogens with one attached hydrogen (secondary N) is 1. The Morgan fingerprint density at radius 1 is 1.29 bits per heavy atom. The van der Waals surface area contributed by atoms with Gasteiger partial charge in [0, 0.05) is 12.0 Å². The fraction of sp³-hybridized carbons (Fsp3) is 0.267. The number of likely N-dealkylation sites (N-methyl/N-ethyl adjacent to an activating group) is 1. The zero-order valence-corrected chi connectivity index (χ0v) is 11.7. The van der Waals surface area contributed by atoms with Crippen molar-refractivity contribution >= 4 is 5.97 Å². The van der Waals surface area contributed by atoms with Crippen LogP contribution in [0.2, 0.25) is 0 Å². The number of ether oxygens (including phenoxy) is 1.